The van der Waals surface area contributed by atoms with E-state index in [4.69, 9.17) is 5.73 Å². The fourth-order valence-corrected chi connectivity index (χ4v) is 2.20. The maximum Gasteiger partial charge on any atom is 0.248 e. The predicted octanol–water partition coefficient (Wildman–Crippen LogP) is 2.38. The van der Waals surface area contributed by atoms with Gasteiger partial charge < -0.3 is 11.1 Å². The summed E-state index contributed by atoms with van der Waals surface area (Å²) in [7, 11) is 1.76. The van der Waals surface area contributed by atoms with Gasteiger partial charge in [0.25, 0.3) is 0 Å². The first-order chi connectivity index (χ1) is 11.4. The van der Waals surface area contributed by atoms with Crippen LogP contribution in [0.1, 0.15) is 22.8 Å². The molecule has 2 aromatic rings. The van der Waals surface area contributed by atoms with Crippen molar-refractivity contribution >= 4 is 17.5 Å². The lowest BCUT2D eigenvalue weighted by molar-refractivity contribution is -0.120. The lowest BCUT2D eigenvalue weighted by Crippen LogP contribution is -2.39. The van der Waals surface area contributed by atoms with Gasteiger partial charge in [-0.15, -0.1) is 0 Å². The van der Waals surface area contributed by atoms with Crippen molar-refractivity contribution < 1.29 is 14.0 Å². The monoisotopic (exact) mass is 329 g/mol. The average Bonchev–Trinajstić information content (AvgIpc) is 2.56. The number of carbonyl (C=O) groups is 2. The molecule has 0 bridgehead atoms. The average molecular weight is 329 g/mol. The number of halogens is 1. The van der Waals surface area contributed by atoms with E-state index < -0.39 is 11.9 Å². The van der Waals surface area contributed by atoms with E-state index in [0.717, 1.165) is 0 Å². The highest BCUT2D eigenvalue weighted by molar-refractivity contribution is 5.96. The fourth-order valence-electron chi connectivity index (χ4n) is 2.20. The van der Waals surface area contributed by atoms with Gasteiger partial charge >= 0.3 is 0 Å². The van der Waals surface area contributed by atoms with Crippen molar-refractivity contribution in [3.63, 3.8) is 0 Å². The van der Waals surface area contributed by atoms with Crippen LogP contribution in [0.2, 0.25) is 0 Å². The highest BCUT2D eigenvalue weighted by atomic mass is 19.1. The van der Waals surface area contributed by atoms with Crippen molar-refractivity contribution in [1.82, 2.24) is 4.90 Å². The molecule has 1 atom stereocenters. The molecule has 2 rings (SSSR count). The molecule has 0 spiro atoms. The zero-order valence-electron chi connectivity index (χ0n) is 13.6. The van der Waals surface area contributed by atoms with Gasteiger partial charge in [0.2, 0.25) is 11.8 Å². The zero-order chi connectivity index (χ0) is 17.7. The Morgan fingerprint density at radius 2 is 1.79 bits per heavy atom. The van der Waals surface area contributed by atoms with Crippen LogP contribution in [-0.2, 0) is 11.3 Å². The minimum absolute atomic E-state index is 0.222. The molecule has 2 amide bonds. The Hall–Kier alpha value is -2.73. The van der Waals surface area contributed by atoms with Crippen molar-refractivity contribution in [2.24, 2.45) is 5.73 Å². The van der Waals surface area contributed by atoms with Crippen LogP contribution < -0.4 is 11.1 Å². The number of hydrogen-bond acceptors (Lipinski definition) is 3. The van der Waals surface area contributed by atoms with Crippen molar-refractivity contribution in [2.75, 3.05) is 12.4 Å². The molecule has 0 aliphatic carbocycles. The number of nitrogens with one attached hydrogen (secondary N) is 1. The summed E-state index contributed by atoms with van der Waals surface area (Å²) in [6.45, 7) is 2.07. The summed E-state index contributed by atoms with van der Waals surface area (Å²) in [5, 5.41) is 2.76. The van der Waals surface area contributed by atoms with Gasteiger partial charge in [-0.3, -0.25) is 14.5 Å². The standard InChI is InChI=1S/C18H20FN3O2/c1-12(22(2)11-14-5-3-4-6-16(14)19)18(24)21-15-9-7-13(8-10-15)17(20)23/h3-10,12H,11H2,1-2H3,(H2,20,23)(H,21,24)/t12-/m0/s1. The van der Waals surface area contributed by atoms with E-state index in [1.807, 2.05) is 0 Å². The first-order valence-corrected chi connectivity index (χ1v) is 7.53. The zero-order valence-corrected chi connectivity index (χ0v) is 13.6. The summed E-state index contributed by atoms with van der Waals surface area (Å²) in [4.78, 5) is 25.1. The van der Waals surface area contributed by atoms with E-state index in [2.05, 4.69) is 5.32 Å². The van der Waals surface area contributed by atoms with Gasteiger partial charge in [0.15, 0.2) is 0 Å². The molecule has 0 saturated carbocycles. The highest BCUT2D eigenvalue weighted by Gasteiger charge is 2.19. The first-order valence-electron chi connectivity index (χ1n) is 7.53. The highest BCUT2D eigenvalue weighted by Crippen LogP contribution is 2.13. The second kappa shape index (κ2) is 7.70. The van der Waals surface area contributed by atoms with Crippen LogP contribution in [0.3, 0.4) is 0 Å². The molecule has 24 heavy (non-hydrogen) atoms. The topological polar surface area (TPSA) is 75.4 Å². The fraction of sp³-hybridized carbons (Fsp3) is 0.222. The predicted molar refractivity (Wildman–Crippen MR) is 90.9 cm³/mol. The summed E-state index contributed by atoms with van der Waals surface area (Å²) in [5.74, 6) is -1.04. The van der Waals surface area contributed by atoms with Crippen molar-refractivity contribution in [3.05, 3.63) is 65.5 Å². The maximum atomic E-state index is 13.7. The van der Waals surface area contributed by atoms with E-state index in [1.54, 1.807) is 61.3 Å². The Labute approximate surface area is 140 Å². The molecule has 0 unspecified atom stereocenters. The van der Waals surface area contributed by atoms with Gasteiger partial charge in [0, 0.05) is 23.4 Å². The number of anilines is 1. The van der Waals surface area contributed by atoms with Crippen LogP contribution in [0.15, 0.2) is 48.5 Å². The molecular formula is C18H20FN3O2. The third kappa shape index (κ3) is 4.39. The number of primary amides is 1. The molecule has 2 aromatic carbocycles. The second-order valence-corrected chi connectivity index (χ2v) is 5.61. The van der Waals surface area contributed by atoms with Crippen molar-refractivity contribution in [3.8, 4) is 0 Å². The molecule has 0 radical (unpaired) electrons. The number of carbonyl (C=O) groups excluding carboxylic acids is 2. The van der Waals surface area contributed by atoms with Crippen molar-refractivity contribution in [2.45, 2.75) is 19.5 Å². The molecule has 5 nitrogen and oxygen atoms in total. The Morgan fingerprint density at radius 1 is 1.17 bits per heavy atom. The van der Waals surface area contributed by atoms with Crippen molar-refractivity contribution in [1.29, 1.82) is 0 Å². The van der Waals surface area contributed by atoms with Gasteiger partial charge in [-0.1, -0.05) is 18.2 Å². The van der Waals surface area contributed by atoms with E-state index in [1.165, 1.54) is 6.07 Å². The van der Waals surface area contributed by atoms with Crippen LogP contribution in [0, 0.1) is 5.82 Å². The Bertz CT molecular complexity index is 731. The molecule has 0 saturated heterocycles. The summed E-state index contributed by atoms with van der Waals surface area (Å²) >= 11 is 0. The normalized spacial score (nSPS) is 12.0. The van der Waals surface area contributed by atoms with E-state index in [9.17, 15) is 14.0 Å². The minimum atomic E-state index is -0.522. The van der Waals surface area contributed by atoms with Gasteiger partial charge in [-0.05, 0) is 44.3 Å². The van der Waals surface area contributed by atoms with Crippen LogP contribution in [-0.4, -0.2) is 29.8 Å². The third-order valence-corrected chi connectivity index (χ3v) is 3.86. The van der Waals surface area contributed by atoms with Gasteiger partial charge in [-0.25, -0.2) is 4.39 Å². The Morgan fingerprint density at radius 3 is 2.38 bits per heavy atom. The van der Waals surface area contributed by atoms with Crippen LogP contribution in [0.25, 0.3) is 0 Å². The number of benzene rings is 2. The largest absolute Gasteiger partial charge is 0.366 e. The minimum Gasteiger partial charge on any atom is -0.366 e. The molecule has 0 aliphatic rings. The number of amides is 2. The molecule has 0 aromatic heterocycles. The molecule has 3 N–H and O–H groups in total. The lowest BCUT2D eigenvalue weighted by atomic mass is 10.1. The summed E-state index contributed by atoms with van der Waals surface area (Å²) in [5.41, 5.74) is 6.65. The quantitative estimate of drug-likeness (QED) is 0.854. The second-order valence-electron chi connectivity index (χ2n) is 5.61. The summed E-state index contributed by atoms with van der Waals surface area (Å²) in [6, 6.07) is 12.3. The summed E-state index contributed by atoms with van der Waals surface area (Å²) < 4.78 is 13.7. The first kappa shape index (κ1) is 17.6. The number of nitrogens with zero attached hydrogens (tertiary/aromatic N) is 1. The Kier molecular flexibility index (Phi) is 5.65. The molecule has 126 valence electrons. The smallest absolute Gasteiger partial charge is 0.248 e. The van der Waals surface area contributed by atoms with Gasteiger partial charge in [-0.2, -0.15) is 0 Å². The van der Waals surface area contributed by atoms with Gasteiger partial charge in [0.1, 0.15) is 5.82 Å². The van der Waals surface area contributed by atoms with E-state index >= 15 is 0 Å². The Balaban J connectivity index is 1.98. The molecule has 0 aliphatic heterocycles. The van der Waals surface area contributed by atoms with Crippen LogP contribution >= 0.6 is 0 Å². The van der Waals surface area contributed by atoms with Crippen LogP contribution in [0.4, 0.5) is 10.1 Å². The van der Waals surface area contributed by atoms with Crippen LogP contribution in [0.5, 0.6) is 0 Å². The van der Waals surface area contributed by atoms with Gasteiger partial charge in [0.05, 0.1) is 6.04 Å². The molecule has 6 heteroatoms. The lowest BCUT2D eigenvalue weighted by Gasteiger charge is -2.24. The number of rotatable bonds is 6. The molecule has 0 fully saturated rings. The number of hydrogen-bond donors (Lipinski definition) is 2. The molecular weight excluding hydrogens is 309 g/mol. The number of likely N-dealkylation sites (N-methyl/N-ethyl adjacent to an activating group) is 1. The molecule has 0 heterocycles. The summed E-state index contributed by atoms with van der Waals surface area (Å²) in [6.07, 6.45) is 0. The SMILES string of the molecule is C[C@@H](C(=O)Nc1ccc(C(N)=O)cc1)N(C)Cc1ccccc1F. The number of nitrogens with two attached hydrogens (primary N) is 1. The maximum absolute atomic E-state index is 13.7. The van der Waals surface area contributed by atoms with E-state index in [0.29, 0.717) is 23.4 Å². The van der Waals surface area contributed by atoms with E-state index in [-0.39, 0.29) is 11.7 Å². The third-order valence-electron chi connectivity index (χ3n) is 3.86.